The molecule has 8 nitrogen and oxygen atoms in total. The molecule has 1 fully saturated rings. The fourth-order valence-electron chi connectivity index (χ4n) is 5.18. The minimum absolute atomic E-state index is 0.0160. The Balaban J connectivity index is 1.35. The third kappa shape index (κ3) is 6.85. The number of ether oxygens (including phenoxy) is 3. The minimum Gasteiger partial charge on any atom is -0.493 e. The van der Waals surface area contributed by atoms with Crippen LogP contribution in [0, 0.1) is 5.82 Å². The van der Waals surface area contributed by atoms with E-state index in [0.717, 1.165) is 26.1 Å². The predicted octanol–water partition coefficient (Wildman–Crippen LogP) is 5.91. The molecule has 220 valence electrons. The molecule has 5 rings (SSSR count). The van der Waals surface area contributed by atoms with Gasteiger partial charge < -0.3 is 24.8 Å². The van der Waals surface area contributed by atoms with Crippen LogP contribution < -0.4 is 25.4 Å². The number of nitrogens with one attached hydrogen (secondary N) is 1. The van der Waals surface area contributed by atoms with Gasteiger partial charge >= 0.3 is 0 Å². The lowest BCUT2D eigenvalue weighted by atomic mass is 9.76. The van der Waals surface area contributed by atoms with Gasteiger partial charge in [-0.3, -0.25) is 10.4 Å². The molecular weight excluding hydrogens is 560 g/mol. The van der Waals surface area contributed by atoms with Gasteiger partial charge in [-0.15, -0.1) is 0 Å². The zero-order valence-electron chi connectivity index (χ0n) is 23.3. The number of pyridine rings is 1. The van der Waals surface area contributed by atoms with Crippen molar-refractivity contribution in [3.63, 3.8) is 0 Å². The van der Waals surface area contributed by atoms with Crippen molar-refractivity contribution in [2.45, 2.75) is 31.1 Å². The number of hydrazone groups is 1. The van der Waals surface area contributed by atoms with Crippen LogP contribution in [0.3, 0.4) is 0 Å². The molecule has 3 N–H and O–H groups in total. The number of nitrogens with zero attached hydrogens (tertiary/aromatic N) is 3. The lowest BCUT2D eigenvalue weighted by Crippen LogP contribution is -2.30. The second kappa shape index (κ2) is 13.3. The number of likely N-dealkylation sites (tertiary alicyclic amines) is 1. The van der Waals surface area contributed by atoms with Crippen molar-refractivity contribution in [3.8, 4) is 23.0 Å². The summed E-state index contributed by atoms with van der Waals surface area (Å²) in [7, 11) is 1.57. The smallest absolute Gasteiger partial charge is 0.184 e. The van der Waals surface area contributed by atoms with Gasteiger partial charge in [-0.25, -0.2) is 8.78 Å². The Morgan fingerprint density at radius 1 is 1.14 bits per heavy atom. The number of rotatable bonds is 11. The molecule has 0 amide bonds. The lowest BCUT2D eigenvalue weighted by Gasteiger charge is -2.28. The fraction of sp³-hybridized carbons (Fsp3) is 0.323. The summed E-state index contributed by atoms with van der Waals surface area (Å²) in [5.41, 5.74) is 8.23. The summed E-state index contributed by atoms with van der Waals surface area (Å²) in [4.78, 5) is 6.91. The summed E-state index contributed by atoms with van der Waals surface area (Å²) < 4.78 is 46.9. The van der Waals surface area contributed by atoms with Gasteiger partial charge in [0, 0.05) is 30.4 Å². The van der Waals surface area contributed by atoms with Crippen LogP contribution in [0.5, 0.6) is 23.0 Å². The Bertz CT molecular complexity index is 1540. The van der Waals surface area contributed by atoms with E-state index in [1.807, 2.05) is 6.07 Å². The van der Waals surface area contributed by atoms with Gasteiger partial charge in [-0.2, -0.15) is 5.10 Å². The number of nitrogens with two attached hydrogens (primary N) is 1. The maximum absolute atomic E-state index is 15.5. The van der Waals surface area contributed by atoms with E-state index in [9.17, 15) is 4.39 Å². The molecule has 11 heteroatoms. The van der Waals surface area contributed by atoms with E-state index in [1.165, 1.54) is 43.3 Å². The average Bonchev–Trinajstić information content (AvgIpc) is 3.51. The summed E-state index contributed by atoms with van der Waals surface area (Å²) in [5.74, 6) is 0.577. The van der Waals surface area contributed by atoms with Crippen molar-refractivity contribution >= 4 is 34.4 Å². The summed E-state index contributed by atoms with van der Waals surface area (Å²) in [5, 5.41) is 4.68. The van der Waals surface area contributed by atoms with Crippen LogP contribution in [-0.2, 0) is 5.41 Å². The number of fused-ring (bicyclic) bond motifs is 1. The highest BCUT2D eigenvalue weighted by Gasteiger charge is 2.30. The highest BCUT2D eigenvalue weighted by molar-refractivity contribution is 7.80. The van der Waals surface area contributed by atoms with Gasteiger partial charge in [0.05, 0.1) is 24.6 Å². The summed E-state index contributed by atoms with van der Waals surface area (Å²) in [6, 6.07) is 9.85. The second-order valence-corrected chi connectivity index (χ2v) is 10.7. The number of thiocarbonyl (C=S) groups is 1. The molecule has 1 saturated heterocycles. The zero-order valence-corrected chi connectivity index (χ0v) is 24.1. The van der Waals surface area contributed by atoms with E-state index in [4.69, 9.17) is 32.2 Å². The van der Waals surface area contributed by atoms with Crippen LogP contribution in [0.1, 0.15) is 31.2 Å². The standard InChI is InChI=1S/C31H33F2N5O3S/c1-39-28-18-23-25(19-29(28)40-16-4-15-38-13-2-3-14-38)35-12-9-26(23)41-27-6-5-21(17-24(27)33)31(20-36-37-30(34)42)10-7-22(32)8-11-31/h5-10,12,17-20H,2-4,11,13-16H2,1H3,(H3,34,37,42). The largest absolute Gasteiger partial charge is 0.493 e. The number of halogens is 2. The van der Waals surface area contributed by atoms with Gasteiger partial charge in [0.1, 0.15) is 11.6 Å². The molecule has 1 unspecified atom stereocenters. The molecule has 0 spiro atoms. The fourth-order valence-corrected chi connectivity index (χ4v) is 5.24. The highest BCUT2D eigenvalue weighted by Crippen LogP contribution is 2.39. The normalized spacial score (nSPS) is 18.8. The molecule has 42 heavy (non-hydrogen) atoms. The van der Waals surface area contributed by atoms with Crippen molar-refractivity contribution in [2.75, 3.05) is 33.4 Å². The lowest BCUT2D eigenvalue weighted by molar-refractivity contribution is 0.254. The van der Waals surface area contributed by atoms with E-state index in [0.29, 0.717) is 40.3 Å². The van der Waals surface area contributed by atoms with Crippen LogP contribution >= 0.6 is 12.2 Å². The van der Waals surface area contributed by atoms with Gasteiger partial charge in [0.25, 0.3) is 0 Å². The van der Waals surface area contributed by atoms with Gasteiger partial charge in [-0.1, -0.05) is 12.1 Å². The molecule has 0 saturated carbocycles. The molecule has 2 aromatic carbocycles. The summed E-state index contributed by atoms with van der Waals surface area (Å²) in [6.07, 6.45) is 11.1. The Morgan fingerprint density at radius 3 is 2.69 bits per heavy atom. The zero-order chi connectivity index (χ0) is 29.5. The maximum Gasteiger partial charge on any atom is 0.184 e. The second-order valence-electron chi connectivity index (χ2n) is 10.2. The minimum atomic E-state index is -0.908. The monoisotopic (exact) mass is 593 g/mol. The number of aromatic nitrogens is 1. The predicted molar refractivity (Wildman–Crippen MR) is 164 cm³/mol. The van der Waals surface area contributed by atoms with Crippen molar-refractivity contribution in [2.24, 2.45) is 10.8 Å². The SMILES string of the molecule is COc1cc2c(Oc3ccc(C4(C=NNC(N)=S)C=CC(F)=CC4)cc3F)ccnc2cc1OCCCN1CCCC1. The summed E-state index contributed by atoms with van der Waals surface area (Å²) >= 11 is 4.80. The van der Waals surface area contributed by atoms with Gasteiger partial charge in [0.15, 0.2) is 28.2 Å². The summed E-state index contributed by atoms with van der Waals surface area (Å²) in [6.45, 7) is 3.87. The first-order valence-corrected chi connectivity index (χ1v) is 14.2. The van der Waals surface area contributed by atoms with Crippen molar-refractivity contribution in [3.05, 3.63) is 78.0 Å². The van der Waals surface area contributed by atoms with E-state index in [-0.39, 0.29) is 23.1 Å². The third-order valence-electron chi connectivity index (χ3n) is 7.40. The number of methoxy groups -OCH3 is 1. The first-order chi connectivity index (χ1) is 20.4. The Morgan fingerprint density at radius 2 is 1.98 bits per heavy atom. The number of hydrogen-bond acceptors (Lipinski definition) is 7. The van der Waals surface area contributed by atoms with Crippen LogP contribution in [0.25, 0.3) is 10.9 Å². The molecule has 3 aromatic rings. The third-order valence-corrected chi connectivity index (χ3v) is 7.49. The van der Waals surface area contributed by atoms with Crippen molar-refractivity contribution in [1.82, 2.24) is 15.3 Å². The van der Waals surface area contributed by atoms with E-state index < -0.39 is 11.2 Å². The number of allylic oxidation sites excluding steroid dienone is 4. The Hall–Kier alpha value is -4.09. The van der Waals surface area contributed by atoms with Crippen LogP contribution in [-0.4, -0.2) is 54.6 Å². The van der Waals surface area contributed by atoms with Crippen LogP contribution in [0.4, 0.5) is 8.78 Å². The van der Waals surface area contributed by atoms with Gasteiger partial charge in [-0.05, 0) is 93.0 Å². The van der Waals surface area contributed by atoms with Crippen molar-refractivity contribution < 1.29 is 23.0 Å². The Kier molecular flexibility index (Phi) is 9.28. The molecule has 1 atom stereocenters. The molecule has 0 bridgehead atoms. The molecule has 1 aromatic heterocycles. The molecule has 1 aliphatic heterocycles. The first kappa shape index (κ1) is 29.4. The Labute approximate surface area is 248 Å². The van der Waals surface area contributed by atoms with Crippen LogP contribution in [0.2, 0.25) is 0 Å². The maximum atomic E-state index is 15.5. The van der Waals surface area contributed by atoms with E-state index in [2.05, 4.69) is 20.4 Å². The first-order valence-electron chi connectivity index (χ1n) is 13.8. The number of benzene rings is 2. The average molecular weight is 594 g/mol. The molecule has 2 heterocycles. The molecular formula is C31H33F2N5O3S. The molecule has 1 aliphatic carbocycles. The van der Waals surface area contributed by atoms with Gasteiger partial charge in [0.2, 0.25) is 0 Å². The number of hydrogen-bond donors (Lipinski definition) is 2. The topological polar surface area (TPSA) is 94.2 Å². The highest BCUT2D eigenvalue weighted by atomic mass is 32.1. The molecule has 0 radical (unpaired) electrons. The quantitative estimate of drug-likeness (QED) is 0.123. The van der Waals surface area contributed by atoms with E-state index >= 15 is 4.39 Å². The molecule has 2 aliphatic rings. The van der Waals surface area contributed by atoms with E-state index in [1.54, 1.807) is 37.6 Å². The van der Waals surface area contributed by atoms with Crippen molar-refractivity contribution in [1.29, 1.82) is 0 Å². The van der Waals surface area contributed by atoms with Crippen LogP contribution in [0.15, 0.2) is 71.8 Å².